The lowest BCUT2D eigenvalue weighted by atomic mass is 9.90. The number of hydrogen-bond acceptors (Lipinski definition) is 2. The molecular formula is C20H34O2. The van der Waals surface area contributed by atoms with E-state index in [9.17, 15) is 0 Å². The van der Waals surface area contributed by atoms with Crippen molar-refractivity contribution in [3.63, 3.8) is 0 Å². The lowest BCUT2D eigenvalue weighted by molar-refractivity contribution is 0.155. The first-order valence-electron chi connectivity index (χ1n) is 8.38. The Labute approximate surface area is 137 Å². The zero-order chi connectivity index (χ0) is 17.0. The van der Waals surface area contributed by atoms with Gasteiger partial charge in [0.25, 0.3) is 0 Å². The van der Waals surface area contributed by atoms with Gasteiger partial charge < -0.3 is 9.47 Å². The van der Waals surface area contributed by atoms with Crippen molar-refractivity contribution in [2.24, 2.45) is 10.8 Å². The molecular weight excluding hydrogens is 272 g/mol. The van der Waals surface area contributed by atoms with Crippen LogP contribution < -0.4 is 9.47 Å². The van der Waals surface area contributed by atoms with Gasteiger partial charge in [-0.3, -0.25) is 0 Å². The van der Waals surface area contributed by atoms with E-state index in [1.165, 1.54) is 0 Å². The normalized spacial score (nSPS) is 15.3. The summed E-state index contributed by atoms with van der Waals surface area (Å²) < 4.78 is 12.0. The molecule has 22 heavy (non-hydrogen) atoms. The second-order valence-corrected chi connectivity index (χ2v) is 8.86. The molecule has 2 heteroatoms. The lowest BCUT2D eigenvalue weighted by Crippen LogP contribution is -2.21. The van der Waals surface area contributed by atoms with Gasteiger partial charge in [-0.25, -0.2) is 0 Å². The molecule has 126 valence electrons. The predicted octanol–water partition coefficient (Wildman–Crippen LogP) is 6.09. The predicted molar refractivity (Wildman–Crippen MR) is 94.8 cm³/mol. The standard InChI is InChI=1S/C20H34O2/c1-15(13-19(3,4)5)21-17-9-11-18(12-10-17)22-16(2)14-20(6,7)8/h9-12,15-16H,13-14H2,1-8H3. The van der Waals surface area contributed by atoms with Crippen LogP contribution in [0.5, 0.6) is 11.5 Å². The average Bonchev–Trinajstić information content (AvgIpc) is 2.26. The van der Waals surface area contributed by atoms with Gasteiger partial charge in [0.2, 0.25) is 0 Å². The molecule has 0 bridgehead atoms. The van der Waals surface area contributed by atoms with Crippen molar-refractivity contribution < 1.29 is 9.47 Å². The highest BCUT2D eigenvalue weighted by Crippen LogP contribution is 2.27. The van der Waals surface area contributed by atoms with E-state index >= 15 is 0 Å². The Balaban J connectivity index is 2.53. The zero-order valence-electron chi connectivity index (χ0n) is 15.7. The quantitative estimate of drug-likeness (QED) is 0.632. The Hall–Kier alpha value is -1.18. The maximum absolute atomic E-state index is 5.98. The van der Waals surface area contributed by atoms with Crippen LogP contribution in [0.25, 0.3) is 0 Å². The molecule has 0 fully saturated rings. The molecule has 0 heterocycles. The van der Waals surface area contributed by atoms with Crippen molar-refractivity contribution in [1.82, 2.24) is 0 Å². The van der Waals surface area contributed by atoms with E-state index in [2.05, 4.69) is 55.4 Å². The molecule has 0 aliphatic carbocycles. The van der Waals surface area contributed by atoms with Crippen molar-refractivity contribution in [1.29, 1.82) is 0 Å². The first-order valence-corrected chi connectivity index (χ1v) is 8.38. The summed E-state index contributed by atoms with van der Waals surface area (Å²) in [5.74, 6) is 1.82. The summed E-state index contributed by atoms with van der Waals surface area (Å²) in [4.78, 5) is 0. The number of ether oxygens (including phenoxy) is 2. The van der Waals surface area contributed by atoms with Crippen molar-refractivity contribution in [3.05, 3.63) is 24.3 Å². The number of rotatable bonds is 6. The Morgan fingerprint density at radius 1 is 0.682 bits per heavy atom. The number of hydrogen-bond donors (Lipinski definition) is 0. The van der Waals surface area contributed by atoms with Gasteiger partial charge in [-0.15, -0.1) is 0 Å². The second kappa shape index (κ2) is 7.39. The van der Waals surface area contributed by atoms with Gasteiger partial charge in [0.15, 0.2) is 0 Å². The molecule has 0 aliphatic rings. The average molecular weight is 306 g/mol. The molecule has 0 spiro atoms. The first-order chi connectivity index (χ1) is 9.94. The molecule has 1 rings (SSSR count). The molecule has 0 saturated carbocycles. The second-order valence-electron chi connectivity index (χ2n) is 8.86. The van der Waals surface area contributed by atoms with Crippen molar-refractivity contribution in [3.8, 4) is 11.5 Å². The fourth-order valence-electron chi connectivity index (χ4n) is 2.87. The summed E-state index contributed by atoms with van der Waals surface area (Å²) in [7, 11) is 0. The zero-order valence-corrected chi connectivity index (χ0v) is 15.7. The third kappa shape index (κ3) is 8.31. The van der Waals surface area contributed by atoms with E-state index in [1.807, 2.05) is 24.3 Å². The molecule has 2 unspecified atom stereocenters. The fourth-order valence-corrected chi connectivity index (χ4v) is 2.87. The molecule has 0 radical (unpaired) electrons. The van der Waals surface area contributed by atoms with Crippen LogP contribution in [0, 0.1) is 10.8 Å². The maximum Gasteiger partial charge on any atom is 0.119 e. The SMILES string of the molecule is CC(CC(C)(C)C)Oc1ccc(OC(C)CC(C)(C)C)cc1. The van der Waals surface area contributed by atoms with Gasteiger partial charge in [0, 0.05) is 0 Å². The molecule has 0 aromatic heterocycles. The summed E-state index contributed by atoms with van der Waals surface area (Å²) >= 11 is 0. The number of benzene rings is 1. The molecule has 2 nitrogen and oxygen atoms in total. The van der Waals surface area contributed by atoms with Crippen LogP contribution in [0.4, 0.5) is 0 Å². The van der Waals surface area contributed by atoms with E-state index in [0.29, 0.717) is 0 Å². The van der Waals surface area contributed by atoms with Gasteiger partial charge in [0.1, 0.15) is 11.5 Å². The van der Waals surface area contributed by atoms with Crippen LogP contribution in [0.15, 0.2) is 24.3 Å². The van der Waals surface area contributed by atoms with Crippen LogP contribution in [-0.2, 0) is 0 Å². The van der Waals surface area contributed by atoms with Crippen molar-refractivity contribution >= 4 is 0 Å². The summed E-state index contributed by atoms with van der Waals surface area (Å²) in [5, 5.41) is 0. The molecule has 0 N–H and O–H groups in total. The van der Waals surface area contributed by atoms with Gasteiger partial charge in [-0.1, -0.05) is 41.5 Å². The van der Waals surface area contributed by atoms with E-state index in [1.54, 1.807) is 0 Å². The van der Waals surface area contributed by atoms with Crippen molar-refractivity contribution in [2.45, 2.75) is 80.4 Å². The highest BCUT2D eigenvalue weighted by Gasteiger charge is 2.17. The van der Waals surface area contributed by atoms with E-state index < -0.39 is 0 Å². The highest BCUT2D eigenvalue weighted by atomic mass is 16.5. The molecule has 1 aromatic rings. The summed E-state index contributed by atoms with van der Waals surface area (Å²) in [6.45, 7) is 17.7. The summed E-state index contributed by atoms with van der Waals surface area (Å²) in [6.07, 6.45) is 2.50. The third-order valence-corrected chi connectivity index (χ3v) is 3.30. The molecule has 0 amide bonds. The van der Waals surface area contributed by atoms with Crippen molar-refractivity contribution in [2.75, 3.05) is 0 Å². The van der Waals surface area contributed by atoms with Crippen LogP contribution in [-0.4, -0.2) is 12.2 Å². The Morgan fingerprint density at radius 2 is 0.955 bits per heavy atom. The minimum Gasteiger partial charge on any atom is -0.491 e. The summed E-state index contributed by atoms with van der Waals surface area (Å²) in [6, 6.07) is 7.99. The Bertz CT molecular complexity index is 391. The maximum atomic E-state index is 5.98. The van der Waals surface area contributed by atoms with Gasteiger partial charge in [-0.2, -0.15) is 0 Å². The minimum absolute atomic E-state index is 0.214. The topological polar surface area (TPSA) is 18.5 Å². The van der Waals surface area contributed by atoms with E-state index in [0.717, 1.165) is 24.3 Å². The first kappa shape index (κ1) is 18.9. The van der Waals surface area contributed by atoms with Crippen LogP contribution in [0.2, 0.25) is 0 Å². The van der Waals surface area contributed by atoms with E-state index in [-0.39, 0.29) is 23.0 Å². The third-order valence-electron chi connectivity index (χ3n) is 3.30. The highest BCUT2D eigenvalue weighted by molar-refractivity contribution is 5.31. The Morgan fingerprint density at radius 3 is 1.18 bits per heavy atom. The molecule has 0 saturated heterocycles. The molecule has 1 aromatic carbocycles. The van der Waals surface area contributed by atoms with Gasteiger partial charge in [-0.05, 0) is 61.8 Å². The van der Waals surface area contributed by atoms with Gasteiger partial charge in [0.05, 0.1) is 12.2 Å². The van der Waals surface area contributed by atoms with Crippen LogP contribution >= 0.6 is 0 Å². The summed E-state index contributed by atoms with van der Waals surface area (Å²) in [5.41, 5.74) is 0.565. The Kier molecular flexibility index (Phi) is 6.34. The minimum atomic E-state index is 0.214. The fraction of sp³-hybridized carbons (Fsp3) is 0.700. The smallest absolute Gasteiger partial charge is 0.119 e. The van der Waals surface area contributed by atoms with Crippen LogP contribution in [0.3, 0.4) is 0 Å². The van der Waals surface area contributed by atoms with E-state index in [4.69, 9.17) is 9.47 Å². The van der Waals surface area contributed by atoms with Gasteiger partial charge >= 0.3 is 0 Å². The monoisotopic (exact) mass is 306 g/mol. The largest absolute Gasteiger partial charge is 0.491 e. The molecule has 0 aliphatic heterocycles. The molecule has 2 atom stereocenters. The van der Waals surface area contributed by atoms with Crippen LogP contribution in [0.1, 0.15) is 68.2 Å². The lowest BCUT2D eigenvalue weighted by Gasteiger charge is -2.25.